The Morgan fingerprint density at radius 2 is 0.885 bits per heavy atom. The third-order valence-electron chi connectivity index (χ3n) is 14.8. The van der Waals surface area contributed by atoms with E-state index in [1.165, 1.54) is 17.9 Å². The van der Waals surface area contributed by atoms with E-state index in [1.54, 1.807) is 0 Å². The molecule has 4 aliphatic heterocycles. The van der Waals surface area contributed by atoms with Crippen LogP contribution in [0.4, 0.5) is 32.3 Å². The number of anilines is 4. The quantitative estimate of drug-likeness (QED) is 0.0201. The third kappa shape index (κ3) is 13.6. The van der Waals surface area contributed by atoms with Gasteiger partial charge in [0.1, 0.15) is 84.7 Å². The molecule has 48 nitrogen and oxygen atoms in total. The van der Waals surface area contributed by atoms with Gasteiger partial charge >= 0.3 is 44.7 Å². The molecular formula is C41H52F2N20O28P5+. The van der Waals surface area contributed by atoms with E-state index in [1.807, 2.05) is 0 Å². The van der Waals surface area contributed by atoms with Gasteiger partial charge in [-0.1, -0.05) is 0 Å². The SMILES string of the molecule is C[n+]1cn([C@@H]2O[C@H](COP(=O)(O)OP(=O)(O)OP(=O)(O)OC[C@H]3O[C@@H](n4cnc5c(N)ncnc54)[C@@H](F)C3OP(=O)(O)OC[C@H]3O[C@@H](n4cnc5c(N)ncnc54)[C@@H](F)C3OP(=O)(O)OC[C@H]3O[C@@H](n4cnc5c(=O)[nH]c(N)nc54)[C@@H](O)C3O)C(O)[C@@H]2O)c2nc(N)[nH]c(=O)c21. The Morgan fingerprint density at radius 3 is 1.35 bits per heavy atom. The monoisotopic (exact) mass is 1470 g/mol. The highest BCUT2D eigenvalue weighted by molar-refractivity contribution is 7.66. The van der Waals surface area contributed by atoms with Gasteiger partial charge in [-0.25, -0.2) is 71.1 Å². The minimum absolute atomic E-state index is 0.0647. The summed E-state index contributed by atoms with van der Waals surface area (Å²) >= 11 is 0. The molecule has 0 spiro atoms. The first-order valence-corrected chi connectivity index (χ1v) is 34.5. The Kier molecular flexibility index (Phi) is 18.6. The maximum atomic E-state index is 17.0. The second kappa shape index (κ2) is 25.8. The summed E-state index contributed by atoms with van der Waals surface area (Å²) in [7, 11) is -28.7. The zero-order chi connectivity index (χ0) is 69.0. The molecule has 522 valence electrons. The first kappa shape index (κ1) is 69.1. The molecule has 12 heterocycles. The fourth-order valence-corrected chi connectivity index (χ4v) is 16.0. The summed E-state index contributed by atoms with van der Waals surface area (Å²) in [5.41, 5.74) is 20.3. The van der Waals surface area contributed by atoms with Crippen molar-refractivity contribution in [2.45, 2.75) is 98.3 Å². The zero-order valence-corrected chi connectivity index (χ0v) is 52.3. The highest BCUT2D eigenvalue weighted by atomic mass is 31.3. The molecule has 4 saturated heterocycles. The Balaban J connectivity index is 0.726. The summed E-state index contributed by atoms with van der Waals surface area (Å²) in [4.78, 5) is 119. The van der Waals surface area contributed by atoms with Crippen molar-refractivity contribution in [3.63, 3.8) is 0 Å². The number of hydrogen-bond donors (Lipinski definition) is 15. The van der Waals surface area contributed by atoms with Gasteiger partial charge in [0.05, 0.1) is 52.5 Å². The van der Waals surface area contributed by atoms with Crippen molar-refractivity contribution < 1.29 is 136 Å². The van der Waals surface area contributed by atoms with E-state index in [9.17, 15) is 77.3 Å². The topological polar surface area (TPSA) is 688 Å². The lowest BCUT2D eigenvalue weighted by Crippen LogP contribution is -2.36. The number of aromatic nitrogens is 16. The number of halogens is 2. The second-order valence-electron chi connectivity index (χ2n) is 21.1. The number of nitrogens with two attached hydrogens (primary N) is 4. The van der Waals surface area contributed by atoms with Crippen LogP contribution in [0.15, 0.2) is 47.6 Å². The number of ether oxygens (including phenoxy) is 4. The Labute approximate surface area is 528 Å². The van der Waals surface area contributed by atoms with Crippen LogP contribution in [0.1, 0.15) is 24.9 Å². The van der Waals surface area contributed by atoms with Crippen molar-refractivity contribution in [2.24, 2.45) is 7.05 Å². The summed E-state index contributed by atoms with van der Waals surface area (Å²) in [6.45, 7) is -5.29. The van der Waals surface area contributed by atoms with Crippen molar-refractivity contribution in [2.75, 3.05) is 49.4 Å². The summed E-state index contributed by atoms with van der Waals surface area (Å²) in [6, 6.07) is 0. The van der Waals surface area contributed by atoms with Crippen molar-refractivity contribution >= 4 is 107 Å². The van der Waals surface area contributed by atoms with Crippen LogP contribution in [0.5, 0.6) is 0 Å². The number of aromatic amines is 2. The fraction of sp³-hybridized carbons (Fsp3) is 0.512. The van der Waals surface area contributed by atoms with Crippen LogP contribution in [-0.2, 0) is 84.6 Å². The first-order chi connectivity index (χ1) is 45.1. The molecule has 4 fully saturated rings. The van der Waals surface area contributed by atoms with Crippen LogP contribution in [0.25, 0.3) is 44.7 Å². The van der Waals surface area contributed by atoms with Crippen LogP contribution in [0.2, 0.25) is 0 Å². The Morgan fingerprint density at radius 1 is 0.500 bits per heavy atom. The molecule has 96 heavy (non-hydrogen) atoms. The summed E-state index contributed by atoms with van der Waals surface area (Å²) in [5, 5.41) is 43.4. The summed E-state index contributed by atoms with van der Waals surface area (Å²) < 4.78 is 167. The molecule has 0 aromatic carbocycles. The van der Waals surface area contributed by atoms with E-state index in [0.717, 1.165) is 49.9 Å². The van der Waals surface area contributed by atoms with Gasteiger partial charge < -0.3 is 86.8 Å². The van der Waals surface area contributed by atoms with Gasteiger partial charge in [0.15, 0.2) is 65.1 Å². The average Bonchev–Trinajstić information content (AvgIpc) is 1.63. The van der Waals surface area contributed by atoms with E-state index in [-0.39, 0.29) is 68.2 Å². The second-order valence-corrected chi connectivity index (χ2v) is 28.6. The maximum Gasteiger partial charge on any atom is 0.490 e. The van der Waals surface area contributed by atoms with Gasteiger partial charge in [0, 0.05) is 0 Å². The van der Waals surface area contributed by atoms with Crippen molar-refractivity contribution in [3.05, 3.63) is 58.7 Å². The lowest BCUT2D eigenvalue weighted by atomic mass is 10.1. The van der Waals surface area contributed by atoms with Crippen LogP contribution >= 0.6 is 39.1 Å². The number of fused-ring (bicyclic) bond motifs is 4. The molecule has 0 radical (unpaired) electrons. The number of aliphatic hydroxyl groups excluding tert-OH is 4. The molecule has 9 unspecified atom stereocenters. The lowest BCUT2D eigenvalue weighted by Gasteiger charge is -2.25. The van der Waals surface area contributed by atoms with Crippen molar-refractivity contribution in [1.82, 2.24) is 73.1 Å². The summed E-state index contributed by atoms with van der Waals surface area (Å²) in [6.07, 6.45) is -27.0. The average molecular weight is 1470 g/mol. The highest BCUT2D eigenvalue weighted by Crippen LogP contribution is 2.68. The lowest BCUT2D eigenvalue weighted by molar-refractivity contribution is -0.646. The molecule has 4 aliphatic rings. The van der Waals surface area contributed by atoms with E-state index in [4.69, 9.17) is 64.5 Å². The molecule has 19 N–H and O–H groups in total. The Hall–Kier alpha value is -6.83. The standard InChI is InChI=1S/C41H51F2N20O28P5/c1-59-11-63(33-21(59)35(69)58-41(47)56-33)39-25(67)23(65)13(85-39)3-82-94(74,75)90-96(78,79)91-95(76,77)83-5-15-27(17(43)37(87-15)61-9-53-19-29(45)49-7-51-31(19)61)89-93(72,73)81-4-14-26(16(42)36(86-14)60-8-52-18-28(44)48-6-50-30(18)60)88-92(70,71)80-2-12-22(64)24(66)38(84-12)62-10-54-20-32(62)55-40(46)57-34(20)68/h6-17,22-27,36-39,64-67H,2-5H2,1H3,(H14-,44,45,46,47,48,49,50,51,55,56,57,58,68,69,70,71,72,73,74,75,76,77,78,79)/p+1/t12-,13-,14-,15-,16+,17+,22?,23?,24+,25+,26?,27?,36-,37-,38-,39-/m1/s1. The third-order valence-corrected chi connectivity index (χ3v) is 21.1. The fourth-order valence-electron chi connectivity index (χ4n) is 10.6. The van der Waals surface area contributed by atoms with Gasteiger partial charge in [0.25, 0.3) is 16.7 Å². The van der Waals surface area contributed by atoms with Crippen LogP contribution in [-0.4, -0.2) is 218 Å². The molecule has 21 atom stereocenters. The number of H-pyrrole nitrogens is 2. The number of aryl methyl sites for hydroxylation is 1. The highest BCUT2D eigenvalue weighted by Gasteiger charge is 2.56. The summed E-state index contributed by atoms with van der Waals surface area (Å²) in [5.74, 6) is -1.15. The van der Waals surface area contributed by atoms with E-state index >= 15 is 8.78 Å². The number of nitrogens with one attached hydrogen (secondary N) is 2. The molecular weight excluding hydrogens is 1410 g/mol. The zero-order valence-electron chi connectivity index (χ0n) is 47.9. The number of nitrogen functional groups attached to an aromatic ring is 4. The number of nitrogens with zero attached hydrogens (tertiary/aromatic N) is 14. The number of alkyl halides is 2. The minimum Gasteiger partial charge on any atom is -0.387 e. The van der Waals surface area contributed by atoms with Crippen molar-refractivity contribution in [1.29, 1.82) is 0 Å². The molecule has 8 aromatic rings. The maximum absolute atomic E-state index is 17.0. The molecule has 0 saturated carbocycles. The molecule has 55 heteroatoms. The molecule has 0 aliphatic carbocycles. The predicted octanol–water partition coefficient (Wildman–Crippen LogP) is -4.23. The number of hydrogen-bond acceptors (Lipinski definition) is 36. The molecule has 0 bridgehead atoms. The largest absolute Gasteiger partial charge is 0.490 e. The van der Waals surface area contributed by atoms with E-state index < -0.39 is 175 Å². The van der Waals surface area contributed by atoms with Gasteiger partial charge in [-0.15, -0.1) is 0 Å². The smallest absolute Gasteiger partial charge is 0.387 e. The first-order valence-electron chi connectivity index (χ1n) is 27.1. The molecule has 0 amide bonds. The van der Waals surface area contributed by atoms with Crippen molar-refractivity contribution in [3.8, 4) is 0 Å². The van der Waals surface area contributed by atoms with Gasteiger partial charge in [-0.2, -0.15) is 23.2 Å². The number of rotatable bonds is 24. The van der Waals surface area contributed by atoms with Gasteiger partial charge in [-0.05, 0) is 0 Å². The minimum atomic E-state index is -6.36. The van der Waals surface area contributed by atoms with E-state index in [2.05, 4.69) is 68.0 Å². The number of imidazole rings is 4. The van der Waals surface area contributed by atoms with Gasteiger partial charge in [0.2, 0.25) is 24.5 Å². The van der Waals surface area contributed by atoms with Gasteiger partial charge in [-0.3, -0.25) is 60.4 Å². The number of aliphatic hydroxyl groups is 4. The normalized spacial score (nSPS) is 31.1. The van der Waals surface area contributed by atoms with Crippen LogP contribution in [0, 0.1) is 0 Å². The molecule has 8 aromatic heterocycles. The van der Waals surface area contributed by atoms with Crippen LogP contribution < -0.4 is 38.6 Å². The van der Waals surface area contributed by atoms with E-state index in [0.29, 0.717) is 0 Å². The predicted molar refractivity (Wildman–Crippen MR) is 302 cm³/mol. The number of phosphoric acid groups is 5. The number of phosphoric ester groups is 4. The molecule has 12 rings (SSSR count). The van der Waals surface area contributed by atoms with Crippen LogP contribution in [0.3, 0.4) is 0 Å². The Bertz CT molecular complexity index is 4680.